The van der Waals surface area contributed by atoms with Crippen LogP contribution in [0, 0.1) is 17.8 Å². The van der Waals surface area contributed by atoms with Gasteiger partial charge in [0.1, 0.15) is 5.69 Å². The van der Waals surface area contributed by atoms with Gasteiger partial charge >= 0.3 is 6.55 Å². The molecule has 6 heteroatoms. The molecule has 0 atom stereocenters. The molecule has 1 N–H and O–H groups in total. The third-order valence-corrected chi connectivity index (χ3v) is 5.50. The van der Waals surface area contributed by atoms with Crippen molar-refractivity contribution in [3.05, 3.63) is 18.0 Å². The third-order valence-electron chi connectivity index (χ3n) is 5.50. The lowest BCUT2D eigenvalue weighted by Gasteiger charge is -2.56. The molecule has 4 saturated carbocycles. The third kappa shape index (κ3) is 2.15. The molecule has 0 spiro atoms. The van der Waals surface area contributed by atoms with E-state index < -0.39 is 12.5 Å². The summed E-state index contributed by atoms with van der Waals surface area (Å²) in [4.78, 5) is 12.4. The number of aromatic nitrogens is 2. The molecular formula is C15H19F2N3O. The van der Waals surface area contributed by atoms with Gasteiger partial charge in [0.2, 0.25) is 0 Å². The highest BCUT2D eigenvalue weighted by Gasteiger charge is 2.51. The Bertz CT molecular complexity index is 534. The molecule has 4 aliphatic carbocycles. The van der Waals surface area contributed by atoms with Gasteiger partial charge in [-0.2, -0.15) is 18.6 Å². The van der Waals surface area contributed by atoms with E-state index in [1.54, 1.807) is 0 Å². The zero-order valence-corrected chi connectivity index (χ0v) is 11.8. The van der Waals surface area contributed by atoms with Crippen LogP contribution in [0.15, 0.2) is 12.3 Å². The summed E-state index contributed by atoms with van der Waals surface area (Å²) in [6.07, 6.45) is 8.12. The summed E-state index contributed by atoms with van der Waals surface area (Å²) in [5.74, 6) is 1.71. The minimum atomic E-state index is -2.78. The SMILES string of the molecule is O=C(NC12CC3CC(CC(C3)C1)C2)c1ccnn1C(F)F. The fourth-order valence-corrected chi connectivity index (χ4v) is 5.22. The second-order valence-corrected chi connectivity index (χ2v) is 7.09. The highest BCUT2D eigenvalue weighted by molar-refractivity contribution is 5.93. The number of halogens is 2. The van der Waals surface area contributed by atoms with Crippen molar-refractivity contribution in [2.24, 2.45) is 17.8 Å². The molecule has 1 aromatic heterocycles. The molecule has 4 fully saturated rings. The largest absolute Gasteiger partial charge is 0.345 e. The summed E-state index contributed by atoms with van der Waals surface area (Å²) in [5, 5.41) is 6.63. The van der Waals surface area contributed by atoms with E-state index in [4.69, 9.17) is 0 Å². The van der Waals surface area contributed by atoms with Gasteiger partial charge in [-0.1, -0.05) is 0 Å². The van der Waals surface area contributed by atoms with Crippen LogP contribution in [0.25, 0.3) is 0 Å². The van der Waals surface area contributed by atoms with Gasteiger partial charge in [-0.3, -0.25) is 4.79 Å². The first-order valence-electron chi connectivity index (χ1n) is 7.69. The number of nitrogens with zero attached hydrogens (tertiary/aromatic N) is 2. The van der Waals surface area contributed by atoms with Crippen LogP contribution in [0.4, 0.5) is 8.78 Å². The van der Waals surface area contributed by atoms with Crippen molar-refractivity contribution in [2.75, 3.05) is 0 Å². The fourth-order valence-electron chi connectivity index (χ4n) is 5.22. The molecule has 1 heterocycles. The average Bonchev–Trinajstić information content (AvgIpc) is 2.85. The van der Waals surface area contributed by atoms with Crippen molar-refractivity contribution in [1.29, 1.82) is 0 Å². The smallest absolute Gasteiger partial charge is 0.333 e. The van der Waals surface area contributed by atoms with Crippen molar-refractivity contribution in [2.45, 2.75) is 50.6 Å². The number of rotatable bonds is 3. The van der Waals surface area contributed by atoms with Gasteiger partial charge in [-0.05, 0) is 62.3 Å². The van der Waals surface area contributed by atoms with E-state index in [-0.39, 0.29) is 11.2 Å². The van der Waals surface area contributed by atoms with Crippen LogP contribution in [-0.2, 0) is 0 Å². The molecule has 0 saturated heterocycles. The fraction of sp³-hybridized carbons (Fsp3) is 0.733. The lowest BCUT2D eigenvalue weighted by atomic mass is 9.53. The maximum absolute atomic E-state index is 12.8. The molecule has 0 aromatic carbocycles. The first-order valence-corrected chi connectivity index (χ1v) is 7.69. The standard InChI is InChI=1S/C15H19F2N3O/c16-14(17)20-12(1-2-18-20)13(21)19-15-6-9-3-10(7-15)5-11(4-9)8-15/h1-2,9-11,14H,3-8H2,(H,19,21). The van der Waals surface area contributed by atoms with Crippen molar-refractivity contribution in [3.63, 3.8) is 0 Å². The summed E-state index contributed by atoms with van der Waals surface area (Å²) in [7, 11) is 0. The minimum absolute atomic E-state index is 0.0410. The molecule has 0 aliphatic heterocycles. The highest BCUT2D eigenvalue weighted by Crippen LogP contribution is 2.55. The van der Waals surface area contributed by atoms with Crippen LogP contribution in [-0.4, -0.2) is 21.2 Å². The number of alkyl halides is 2. The Morgan fingerprint density at radius 3 is 2.33 bits per heavy atom. The second kappa shape index (κ2) is 4.52. The Morgan fingerprint density at radius 1 is 1.24 bits per heavy atom. The average molecular weight is 295 g/mol. The maximum atomic E-state index is 12.8. The Morgan fingerprint density at radius 2 is 1.81 bits per heavy atom. The number of carbonyl (C=O) groups excluding carboxylic acids is 1. The molecule has 4 bridgehead atoms. The van der Waals surface area contributed by atoms with Crippen LogP contribution in [0.5, 0.6) is 0 Å². The monoisotopic (exact) mass is 295 g/mol. The van der Waals surface area contributed by atoms with Gasteiger partial charge in [0.25, 0.3) is 5.91 Å². The van der Waals surface area contributed by atoms with E-state index in [0.717, 1.165) is 19.3 Å². The molecule has 1 amide bonds. The zero-order valence-electron chi connectivity index (χ0n) is 11.8. The summed E-state index contributed by atoms with van der Waals surface area (Å²) in [5.41, 5.74) is -0.205. The molecule has 21 heavy (non-hydrogen) atoms. The Labute approximate surface area is 121 Å². The molecule has 0 radical (unpaired) electrons. The van der Waals surface area contributed by atoms with Crippen LogP contribution in [0.2, 0.25) is 0 Å². The number of hydrogen-bond donors (Lipinski definition) is 1. The molecule has 4 nitrogen and oxygen atoms in total. The predicted octanol–water partition coefficient (Wildman–Crippen LogP) is 2.98. The van der Waals surface area contributed by atoms with Gasteiger partial charge in [0.05, 0.1) is 0 Å². The highest BCUT2D eigenvalue weighted by atomic mass is 19.3. The molecule has 4 aliphatic rings. The van der Waals surface area contributed by atoms with E-state index in [2.05, 4.69) is 10.4 Å². The first-order chi connectivity index (χ1) is 10.0. The number of amides is 1. The van der Waals surface area contributed by atoms with Crippen molar-refractivity contribution >= 4 is 5.91 Å². The summed E-state index contributed by atoms with van der Waals surface area (Å²) < 4.78 is 26.2. The number of nitrogens with one attached hydrogen (secondary N) is 1. The van der Waals surface area contributed by atoms with E-state index in [1.807, 2.05) is 0 Å². The molecule has 1 aromatic rings. The van der Waals surface area contributed by atoms with E-state index in [9.17, 15) is 13.6 Å². The Kier molecular flexibility index (Phi) is 2.84. The van der Waals surface area contributed by atoms with Crippen LogP contribution in [0.3, 0.4) is 0 Å². The second-order valence-electron chi connectivity index (χ2n) is 7.09. The Balaban J connectivity index is 1.55. The number of hydrogen-bond acceptors (Lipinski definition) is 2. The molecular weight excluding hydrogens is 276 g/mol. The quantitative estimate of drug-likeness (QED) is 0.932. The molecule has 5 rings (SSSR count). The van der Waals surface area contributed by atoms with E-state index in [0.29, 0.717) is 22.4 Å². The maximum Gasteiger partial charge on any atom is 0.333 e. The van der Waals surface area contributed by atoms with Crippen molar-refractivity contribution < 1.29 is 13.6 Å². The van der Waals surface area contributed by atoms with Gasteiger partial charge in [-0.25, -0.2) is 0 Å². The van der Waals surface area contributed by atoms with Crippen LogP contribution >= 0.6 is 0 Å². The van der Waals surface area contributed by atoms with Crippen LogP contribution in [0.1, 0.15) is 55.6 Å². The lowest BCUT2D eigenvalue weighted by Crippen LogP contribution is -2.60. The van der Waals surface area contributed by atoms with E-state index >= 15 is 0 Å². The predicted molar refractivity (Wildman–Crippen MR) is 71.8 cm³/mol. The summed E-state index contributed by atoms with van der Waals surface area (Å²) in [6.45, 7) is -2.78. The van der Waals surface area contributed by atoms with Crippen molar-refractivity contribution in [1.82, 2.24) is 15.1 Å². The van der Waals surface area contributed by atoms with Crippen molar-refractivity contribution in [3.8, 4) is 0 Å². The van der Waals surface area contributed by atoms with Gasteiger partial charge in [0.15, 0.2) is 0 Å². The first kappa shape index (κ1) is 13.2. The topological polar surface area (TPSA) is 46.9 Å². The lowest BCUT2D eigenvalue weighted by molar-refractivity contribution is -0.0174. The van der Waals surface area contributed by atoms with Gasteiger partial charge < -0.3 is 5.32 Å². The summed E-state index contributed by atoms with van der Waals surface area (Å²) >= 11 is 0. The molecule has 114 valence electrons. The molecule has 0 unspecified atom stereocenters. The van der Waals surface area contributed by atoms with Gasteiger partial charge in [0, 0.05) is 11.7 Å². The number of carbonyl (C=O) groups is 1. The zero-order chi connectivity index (χ0) is 14.6. The van der Waals surface area contributed by atoms with Crippen LogP contribution < -0.4 is 5.32 Å². The minimum Gasteiger partial charge on any atom is -0.345 e. The summed E-state index contributed by atoms with van der Waals surface area (Å²) in [6, 6.07) is 1.36. The Hall–Kier alpha value is -1.46. The normalized spacial score (nSPS) is 37.2. The van der Waals surface area contributed by atoms with Gasteiger partial charge in [-0.15, -0.1) is 0 Å². The van der Waals surface area contributed by atoms with E-state index in [1.165, 1.54) is 31.5 Å².